The van der Waals surface area contributed by atoms with Crippen LogP contribution in [-0.2, 0) is 0 Å². The lowest BCUT2D eigenvalue weighted by Crippen LogP contribution is -2.27. The molecule has 2 unspecified atom stereocenters. The molecule has 1 aromatic rings. The Morgan fingerprint density at radius 1 is 1.27 bits per heavy atom. The van der Waals surface area contributed by atoms with Gasteiger partial charge in [-0.15, -0.1) is 11.8 Å². The molecule has 0 amide bonds. The van der Waals surface area contributed by atoms with Gasteiger partial charge in [-0.25, -0.2) is 0 Å². The normalized spacial score (nSPS) is 14.9. The Morgan fingerprint density at radius 2 is 1.93 bits per heavy atom. The van der Waals surface area contributed by atoms with Crippen LogP contribution in [0.4, 0.5) is 0 Å². The molecule has 1 nitrogen and oxygen atoms in total. The van der Waals surface area contributed by atoms with Crippen molar-refractivity contribution in [1.82, 2.24) is 0 Å². The van der Waals surface area contributed by atoms with Crippen LogP contribution in [-0.4, -0.2) is 11.8 Å². The Morgan fingerprint density at radius 3 is 2.53 bits per heavy atom. The standard InChI is InChI=1S/C13H21NS/c1-3-13(14)11(2)9-10-15-12-7-5-4-6-8-12/h4-8,11,13H,3,9-10,14H2,1-2H3. The third-order valence-electron chi connectivity index (χ3n) is 2.79. The molecule has 0 fully saturated rings. The van der Waals surface area contributed by atoms with Crippen molar-refractivity contribution in [2.75, 3.05) is 5.75 Å². The van der Waals surface area contributed by atoms with E-state index in [1.54, 1.807) is 0 Å². The Labute approximate surface area is 97.4 Å². The zero-order chi connectivity index (χ0) is 11.1. The summed E-state index contributed by atoms with van der Waals surface area (Å²) in [5.74, 6) is 1.80. The van der Waals surface area contributed by atoms with Crippen molar-refractivity contribution in [1.29, 1.82) is 0 Å². The SMILES string of the molecule is CCC(N)C(C)CCSc1ccccc1. The van der Waals surface area contributed by atoms with Gasteiger partial charge in [0.05, 0.1) is 0 Å². The molecule has 0 aliphatic carbocycles. The van der Waals surface area contributed by atoms with Crippen LogP contribution in [0, 0.1) is 5.92 Å². The molecule has 0 spiro atoms. The molecule has 2 heteroatoms. The van der Waals surface area contributed by atoms with E-state index in [0.29, 0.717) is 12.0 Å². The summed E-state index contributed by atoms with van der Waals surface area (Å²) < 4.78 is 0. The van der Waals surface area contributed by atoms with Gasteiger partial charge in [0.15, 0.2) is 0 Å². The number of benzene rings is 1. The fourth-order valence-electron chi connectivity index (χ4n) is 1.50. The van der Waals surface area contributed by atoms with Crippen LogP contribution in [0.25, 0.3) is 0 Å². The molecule has 2 atom stereocenters. The van der Waals surface area contributed by atoms with Gasteiger partial charge in [0, 0.05) is 10.9 Å². The van der Waals surface area contributed by atoms with E-state index in [0.717, 1.165) is 6.42 Å². The van der Waals surface area contributed by atoms with Crippen molar-refractivity contribution in [3.8, 4) is 0 Å². The molecule has 1 aromatic carbocycles. The summed E-state index contributed by atoms with van der Waals surface area (Å²) in [7, 11) is 0. The molecule has 0 bridgehead atoms. The molecule has 0 aliphatic rings. The van der Waals surface area contributed by atoms with Crippen LogP contribution >= 0.6 is 11.8 Å². The molecule has 0 aliphatic heterocycles. The Hall–Kier alpha value is -0.470. The van der Waals surface area contributed by atoms with Crippen LogP contribution in [0.15, 0.2) is 35.2 Å². The smallest absolute Gasteiger partial charge is 0.00719 e. The van der Waals surface area contributed by atoms with Gasteiger partial charge >= 0.3 is 0 Å². The summed E-state index contributed by atoms with van der Waals surface area (Å²) in [5, 5.41) is 0. The minimum atomic E-state index is 0.362. The van der Waals surface area contributed by atoms with Crippen LogP contribution < -0.4 is 5.73 Å². The quantitative estimate of drug-likeness (QED) is 0.746. The first-order chi connectivity index (χ1) is 7.24. The maximum Gasteiger partial charge on any atom is 0.00719 e. The second-order valence-corrected chi connectivity index (χ2v) is 5.17. The number of hydrogen-bond donors (Lipinski definition) is 1. The monoisotopic (exact) mass is 223 g/mol. The zero-order valence-electron chi connectivity index (χ0n) is 9.65. The van der Waals surface area contributed by atoms with Crippen LogP contribution in [0.5, 0.6) is 0 Å². The minimum absolute atomic E-state index is 0.362. The van der Waals surface area contributed by atoms with E-state index in [-0.39, 0.29) is 0 Å². The molecule has 0 saturated heterocycles. The summed E-state index contributed by atoms with van der Waals surface area (Å²) in [6.07, 6.45) is 2.28. The average Bonchev–Trinajstić information content (AvgIpc) is 2.29. The van der Waals surface area contributed by atoms with Gasteiger partial charge in [-0.2, -0.15) is 0 Å². The molecule has 84 valence electrons. The molecule has 0 aromatic heterocycles. The van der Waals surface area contributed by atoms with E-state index in [1.807, 2.05) is 11.8 Å². The summed E-state index contributed by atoms with van der Waals surface area (Å²) >= 11 is 1.92. The highest BCUT2D eigenvalue weighted by Gasteiger charge is 2.09. The zero-order valence-corrected chi connectivity index (χ0v) is 10.5. The van der Waals surface area contributed by atoms with Gasteiger partial charge in [-0.1, -0.05) is 32.0 Å². The summed E-state index contributed by atoms with van der Waals surface area (Å²) in [4.78, 5) is 1.36. The summed E-state index contributed by atoms with van der Waals surface area (Å²) in [6, 6.07) is 10.9. The highest BCUT2D eigenvalue weighted by atomic mass is 32.2. The first-order valence-corrected chi connectivity index (χ1v) is 6.66. The second kappa shape index (κ2) is 6.91. The number of rotatable bonds is 6. The Balaban J connectivity index is 2.22. The molecular weight excluding hydrogens is 202 g/mol. The van der Waals surface area contributed by atoms with Crippen molar-refractivity contribution in [2.24, 2.45) is 11.7 Å². The lowest BCUT2D eigenvalue weighted by atomic mass is 9.98. The van der Waals surface area contributed by atoms with E-state index in [9.17, 15) is 0 Å². The maximum atomic E-state index is 5.99. The van der Waals surface area contributed by atoms with Crippen molar-refractivity contribution in [2.45, 2.75) is 37.6 Å². The first-order valence-electron chi connectivity index (χ1n) is 5.67. The molecule has 2 N–H and O–H groups in total. The largest absolute Gasteiger partial charge is 0.327 e. The average molecular weight is 223 g/mol. The van der Waals surface area contributed by atoms with Gasteiger partial charge in [0.2, 0.25) is 0 Å². The predicted octanol–water partition coefficient (Wildman–Crippen LogP) is 3.54. The third kappa shape index (κ3) is 4.72. The lowest BCUT2D eigenvalue weighted by Gasteiger charge is -2.17. The molecule has 0 heterocycles. The molecular formula is C13H21NS. The molecule has 0 radical (unpaired) electrons. The minimum Gasteiger partial charge on any atom is -0.327 e. The number of hydrogen-bond acceptors (Lipinski definition) is 2. The van der Waals surface area contributed by atoms with Crippen LogP contribution in [0.2, 0.25) is 0 Å². The molecule has 1 rings (SSSR count). The Kier molecular flexibility index (Phi) is 5.81. The lowest BCUT2D eigenvalue weighted by molar-refractivity contribution is 0.435. The fourth-order valence-corrected chi connectivity index (χ4v) is 2.57. The second-order valence-electron chi connectivity index (χ2n) is 4.00. The van der Waals surface area contributed by atoms with Crippen molar-refractivity contribution in [3.63, 3.8) is 0 Å². The number of thioether (sulfide) groups is 1. The van der Waals surface area contributed by atoms with E-state index in [2.05, 4.69) is 44.2 Å². The Bertz CT molecular complexity index is 260. The first kappa shape index (κ1) is 12.6. The van der Waals surface area contributed by atoms with Crippen LogP contribution in [0.1, 0.15) is 26.7 Å². The van der Waals surface area contributed by atoms with Crippen molar-refractivity contribution >= 4 is 11.8 Å². The highest BCUT2D eigenvalue weighted by molar-refractivity contribution is 7.99. The molecule has 15 heavy (non-hydrogen) atoms. The topological polar surface area (TPSA) is 26.0 Å². The number of nitrogens with two attached hydrogens (primary N) is 1. The highest BCUT2D eigenvalue weighted by Crippen LogP contribution is 2.21. The summed E-state index contributed by atoms with van der Waals surface area (Å²) in [5.41, 5.74) is 5.99. The van der Waals surface area contributed by atoms with E-state index in [4.69, 9.17) is 5.73 Å². The maximum absolute atomic E-state index is 5.99. The van der Waals surface area contributed by atoms with Gasteiger partial charge in [-0.3, -0.25) is 0 Å². The van der Waals surface area contributed by atoms with Gasteiger partial charge in [0.1, 0.15) is 0 Å². The van der Waals surface area contributed by atoms with Gasteiger partial charge in [-0.05, 0) is 36.6 Å². The van der Waals surface area contributed by atoms with Crippen LogP contribution in [0.3, 0.4) is 0 Å². The van der Waals surface area contributed by atoms with E-state index < -0.39 is 0 Å². The third-order valence-corrected chi connectivity index (χ3v) is 3.83. The van der Waals surface area contributed by atoms with Crippen molar-refractivity contribution in [3.05, 3.63) is 30.3 Å². The summed E-state index contributed by atoms with van der Waals surface area (Å²) in [6.45, 7) is 4.41. The van der Waals surface area contributed by atoms with Gasteiger partial charge < -0.3 is 5.73 Å². The van der Waals surface area contributed by atoms with E-state index >= 15 is 0 Å². The van der Waals surface area contributed by atoms with E-state index in [1.165, 1.54) is 17.1 Å². The van der Waals surface area contributed by atoms with Crippen molar-refractivity contribution < 1.29 is 0 Å². The molecule has 0 saturated carbocycles. The fraction of sp³-hybridized carbons (Fsp3) is 0.538. The predicted molar refractivity (Wildman–Crippen MR) is 69.2 cm³/mol. The van der Waals surface area contributed by atoms with Gasteiger partial charge in [0.25, 0.3) is 0 Å².